The van der Waals surface area contributed by atoms with E-state index in [1.807, 2.05) is 4.68 Å². The van der Waals surface area contributed by atoms with Gasteiger partial charge in [0.1, 0.15) is 0 Å². The predicted octanol–water partition coefficient (Wildman–Crippen LogP) is 2.29. The molecule has 1 aromatic heterocycles. The van der Waals surface area contributed by atoms with E-state index in [-0.39, 0.29) is 0 Å². The van der Waals surface area contributed by atoms with Gasteiger partial charge in [-0.05, 0) is 41.5 Å². The van der Waals surface area contributed by atoms with Crippen molar-refractivity contribution in [3.8, 4) is 0 Å². The first-order valence-corrected chi connectivity index (χ1v) is 8.48. The minimum absolute atomic E-state index is 0.337. The molecule has 0 bridgehead atoms. The van der Waals surface area contributed by atoms with Gasteiger partial charge in [-0.25, -0.2) is 4.68 Å². The Balaban J connectivity index is 1.63. The SMILES string of the molecule is BrCC1(CSc2nnnn2C2CC2)CCOCC1. The molecule has 0 N–H and O–H groups in total. The Labute approximate surface area is 119 Å². The molecule has 100 valence electrons. The normalized spacial score (nSPS) is 23.2. The molecule has 5 nitrogen and oxygen atoms in total. The van der Waals surface area contributed by atoms with Crippen molar-refractivity contribution in [2.24, 2.45) is 5.41 Å². The Hall–Kier alpha value is -0.140. The van der Waals surface area contributed by atoms with Crippen LogP contribution in [0.25, 0.3) is 0 Å². The van der Waals surface area contributed by atoms with Crippen LogP contribution in [0, 0.1) is 5.41 Å². The Morgan fingerprint density at radius 2 is 2.17 bits per heavy atom. The van der Waals surface area contributed by atoms with Crippen LogP contribution in [0.15, 0.2) is 5.16 Å². The maximum absolute atomic E-state index is 5.46. The molecule has 0 unspecified atom stereocenters. The van der Waals surface area contributed by atoms with Crippen LogP contribution in [0.2, 0.25) is 0 Å². The van der Waals surface area contributed by atoms with Crippen molar-refractivity contribution in [2.45, 2.75) is 36.9 Å². The van der Waals surface area contributed by atoms with Crippen molar-refractivity contribution in [1.82, 2.24) is 20.2 Å². The zero-order chi connectivity index (χ0) is 12.4. The van der Waals surface area contributed by atoms with Crippen molar-refractivity contribution >= 4 is 27.7 Å². The standard InChI is InChI=1S/C11H17BrN4OS/c12-7-11(3-5-17-6-4-11)8-18-10-13-14-15-16(10)9-1-2-9/h9H,1-8H2. The molecule has 1 saturated carbocycles. The van der Waals surface area contributed by atoms with Crippen LogP contribution in [0.4, 0.5) is 0 Å². The van der Waals surface area contributed by atoms with Gasteiger partial charge in [-0.15, -0.1) is 5.10 Å². The Bertz CT molecular complexity index is 404. The monoisotopic (exact) mass is 332 g/mol. The summed E-state index contributed by atoms with van der Waals surface area (Å²) in [6.07, 6.45) is 4.68. The molecule has 2 aliphatic rings. The highest BCUT2D eigenvalue weighted by atomic mass is 79.9. The first-order valence-electron chi connectivity index (χ1n) is 6.37. The summed E-state index contributed by atoms with van der Waals surface area (Å²) in [6.45, 7) is 1.75. The lowest BCUT2D eigenvalue weighted by molar-refractivity contribution is 0.0374. The summed E-state index contributed by atoms with van der Waals surface area (Å²) in [5.74, 6) is 1.06. The van der Waals surface area contributed by atoms with E-state index in [4.69, 9.17) is 4.74 Å². The number of hydrogen-bond acceptors (Lipinski definition) is 5. The van der Waals surface area contributed by atoms with Crippen LogP contribution in [0.5, 0.6) is 0 Å². The number of rotatable bonds is 5. The molecular formula is C11H17BrN4OS. The van der Waals surface area contributed by atoms with E-state index >= 15 is 0 Å². The van der Waals surface area contributed by atoms with Crippen LogP contribution in [-0.4, -0.2) is 44.5 Å². The van der Waals surface area contributed by atoms with Gasteiger partial charge in [0.2, 0.25) is 5.16 Å². The molecule has 1 saturated heterocycles. The molecule has 1 aromatic rings. The second kappa shape index (κ2) is 5.46. The molecule has 2 fully saturated rings. The van der Waals surface area contributed by atoms with Gasteiger partial charge in [0.15, 0.2) is 0 Å². The van der Waals surface area contributed by atoms with Gasteiger partial charge in [-0.1, -0.05) is 27.7 Å². The molecule has 7 heteroatoms. The number of ether oxygens (including phenoxy) is 1. The highest BCUT2D eigenvalue weighted by Crippen LogP contribution is 2.40. The van der Waals surface area contributed by atoms with E-state index in [1.54, 1.807) is 11.8 Å². The van der Waals surface area contributed by atoms with Crippen LogP contribution < -0.4 is 0 Å². The fraction of sp³-hybridized carbons (Fsp3) is 0.909. The van der Waals surface area contributed by atoms with Gasteiger partial charge in [0.05, 0.1) is 6.04 Å². The zero-order valence-electron chi connectivity index (χ0n) is 10.2. The summed E-state index contributed by atoms with van der Waals surface area (Å²) >= 11 is 5.46. The van der Waals surface area contributed by atoms with Gasteiger partial charge in [0, 0.05) is 24.3 Å². The first kappa shape index (κ1) is 12.9. The third-order valence-electron chi connectivity index (χ3n) is 3.70. The average molecular weight is 333 g/mol. The molecule has 2 heterocycles. The molecular weight excluding hydrogens is 316 g/mol. The lowest BCUT2D eigenvalue weighted by Gasteiger charge is -2.35. The van der Waals surface area contributed by atoms with E-state index in [0.29, 0.717) is 11.5 Å². The minimum atomic E-state index is 0.337. The second-order valence-electron chi connectivity index (χ2n) is 5.17. The number of hydrogen-bond donors (Lipinski definition) is 0. The quantitative estimate of drug-likeness (QED) is 0.611. The first-order chi connectivity index (χ1) is 8.83. The van der Waals surface area contributed by atoms with Gasteiger partial charge in [-0.3, -0.25) is 0 Å². The summed E-state index contributed by atoms with van der Waals surface area (Å²) in [7, 11) is 0. The van der Waals surface area contributed by atoms with Crippen molar-refractivity contribution in [2.75, 3.05) is 24.3 Å². The Morgan fingerprint density at radius 1 is 1.39 bits per heavy atom. The minimum Gasteiger partial charge on any atom is -0.381 e. The summed E-state index contributed by atoms with van der Waals surface area (Å²) < 4.78 is 7.45. The smallest absolute Gasteiger partial charge is 0.209 e. The molecule has 18 heavy (non-hydrogen) atoms. The van der Waals surface area contributed by atoms with Crippen LogP contribution >= 0.6 is 27.7 Å². The molecule has 0 aromatic carbocycles. The lowest BCUT2D eigenvalue weighted by Crippen LogP contribution is -2.33. The molecule has 0 radical (unpaired) electrons. The fourth-order valence-electron chi connectivity index (χ4n) is 2.17. The second-order valence-corrected chi connectivity index (χ2v) is 6.68. The van der Waals surface area contributed by atoms with Crippen LogP contribution in [0.1, 0.15) is 31.7 Å². The van der Waals surface area contributed by atoms with Crippen LogP contribution in [0.3, 0.4) is 0 Å². The molecule has 1 aliphatic carbocycles. The van der Waals surface area contributed by atoms with Crippen molar-refractivity contribution in [3.63, 3.8) is 0 Å². The topological polar surface area (TPSA) is 52.8 Å². The zero-order valence-corrected chi connectivity index (χ0v) is 12.6. The van der Waals surface area contributed by atoms with Gasteiger partial charge < -0.3 is 4.74 Å². The third-order valence-corrected chi connectivity index (χ3v) is 6.17. The largest absolute Gasteiger partial charge is 0.381 e. The van der Waals surface area contributed by atoms with Crippen molar-refractivity contribution in [3.05, 3.63) is 0 Å². The highest BCUT2D eigenvalue weighted by Gasteiger charge is 2.33. The summed E-state index contributed by atoms with van der Waals surface area (Å²) in [4.78, 5) is 0. The van der Waals surface area contributed by atoms with Crippen molar-refractivity contribution in [1.29, 1.82) is 0 Å². The summed E-state index contributed by atoms with van der Waals surface area (Å²) in [5.41, 5.74) is 0.337. The van der Waals surface area contributed by atoms with E-state index in [0.717, 1.165) is 42.3 Å². The van der Waals surface area contributed by atoms with Crippen LogP contribution in [-0.2, 0) is 4.74 Å². The molecule has 0 amide bonds. The maximum atomic E-state index is 5.46. The number of nitrogens with zero attached hydrogens (tertiary/aromatic N) is 4. The Morgan fingerprint density at radius 3 is 2.83 bits per heavy atom. The maximum Gasteiger partial charge on any atom is 0.209 e. The van der Waals surface area contributed by atoms with E-state index < -0.39 is 0 Å². The van der Waals surface area contributed by atoms with Gasteiger partial charge >= 0.3 is 0 Å². The van der Waals surface area contributed by atoms with Gasteiger partial charge in [0.25, 0.3) is 0 Å². The van der Waals surface area contributed by atoms with Crippen molar-refractivity contribution < 1.29 is 4.74 Å². The summed E-state index contributed by atoms with van der Waals surface area (Å²) in [6, 6.07) is 0.553. The fourth-order valence-corrected chi connectivity index (χ4v) is 4.43. The third kappa shape index (κ3) is 2.72. The lowest BCUT2D eigenvalue weighted by atomic mass is 9.85. The summed E-state index contributed by atoms with van der Waals surface area (Å²) in [5, 5.41) is 14.0. The average Bonchev–Trinajstić information content (AvgIpc) is 3.16. The van der Waals surface area contributed by atoms with E-state index in [1.165, 1.54) is 12.8 Å². The number of thioether (sulfide) groups is 1. The number of alkyl halides is 1. The number of tetrazole rings is 1. The van der Waals surface area contributed by atoms with Gasteiger partial charge in [-0.2, -0.15) is 0 Å². The number of aromatic nitrogens is 4. The Kier molecular flexibility index (Phi) is 3.91. The number of halogens is 1. The molecule has 3 rings (SSSR count). The van der Waals surface area contributed by atoms with E-state index in [2.05, 4.69) is 31.5 Å². The van der Waals surface area contributed by atoms with E-state index in [9.17, 15) is 0 Å². The molecule has 0 spiro atoms. The predicted molar refractivity (Wildman–Crippen MR) is 73.1 cm³/mol. The molecule has 1 aliphatic heterocycles. The molecule has 0 atom stereocenters. The highest BCUT2D eigenvalue weighted by molar-refractivity contribution is 9.09.